The minimum Gasteiger partial charge on any atom is -0.394 e. The molecule has 92 heavy (non-hydrogen) atoms. The molecule has 528 valence electrons. The largest absolute Gasteiger partial charge is 0.394 e. The van der Waals surface area contributed by atoms with Crippen LogP contribution in [0.1, 0.15) is 271 Å². The van der Waals surface area contributed by atoms with Crippen LogP contribution >= 0.6 is 0 Å². The van der Waals surface area contributed by atoms with Gasteiger partial charge in [0.2, 0.25) is 5.91 Å². The summed E-state index contributed by atoms with van der Waals surface area (Å²) in [6.07, 6.45) is 72.5. The van der Waals surface area contributed by atoms with E-state index in [0.717, 1.165) is 96.3 Å². The van der Waals surface area contributed by atoms with E-state index in [0.29, 0.717) is 12.8 Å². The summed E-state index contributed by atoms with van der Waals surface area (Å²) in [5.74, 6) is -0.257. The fourth-order valence-electron chi connectivity index (χ4n) is 11.3. The van der Waals surface area contributed by atoms with E-state index >= 15 is 0 Å². The number of rotatable bonds is 59. The van der Waals surface area contributed by atoms with Crippen molar-refractivity contribution in [3.63, 3.8) is 0 Å². The smallest absolute Gasteiger partial charge is 0.220 e. The Labute approximate surface area is 558 Å². The Bertz CT molecular complexity index is 2010. The molecule has 0 bridgehead atoms. The topological polar surface area (TPSA) is 228 Å². The molecule has 0 spiro atoms. The predicted molar refractivity (Wildman–Crippen MR) is 378 cm³/mol. The standard InChI is InChI=1S/C78H133NO13/c1-3-5-7-9-11-13-15-17-19-21-23-25-27-28-29-30-31-32-33-34-35-36-37-38-40-42-44-46-48-50-52-54-56-58-60-62-70(83)79-66(65-89-77-75(88)73(86)76(69(64-81)91-77)92-78-74(87)72(85)71(84)68(63-80)90-78)67(82)61-59-57-55-53-51-49-47-45-43-41-39-26-24-22-20-18-16-14-12-10-8-6-4-2/h5,7,11,13,17,19,23,25,28-29,31-32,34-35,43,45,51,53,59,61,66-69,71-78,80-82,84-88H,3-4,6,8-10,12,14-16,18,20-22,24,26-27,30,33,36-42,44,46-50,52,54-58,60,62-65H2,1-2H3,(H,79,83)/b7-5-,13-11-,19-17-,25-23-,29-28-,32-31-,35-34-,45-43+,53-51+,61-59+. The molecule has 12 atom stereocenters. The van der Waals surface area contributed by atoms with Gasteiger partial charge >= 0.3 is 0 Å². The molecule has 14 heteroatoms. The first-order chi connectivity index (χ1) is 45.1. The lowest BCUT2D eigenvalue weighted by molar-refractivity contribution is -0.359. The Balaban J connectivity index is 1.67. The van der Waals surface area contributed by atoms with Gasteiger partial charge in [-0.15, -0.1) is 0 Å². The van der Waals surface area contributed by atoms with Crippen LogP contribution in [0, 0.1) is 0 Å². The van der Waals surface area contributed by atoms with E-state index in [-0.39, 0.29) is 18.9 Å². The molecule has 14 nitrogen and oxygen atoms in total. The van der Waals surface area contributed by atoms with Crippen molar-refractivity contribution >= 4 is 5.91 Å². The first-order valence-electron chi connectivity index (χ1n) is 36.8. The molecule has 0 aromatic rings. The number of nitrogens with one attached hydrogen (secondary N) is 1. The van der Waals surface area contributed by atoms with E-state index in [2.05, 4.69) is 129 Å². The summed E-state index contributed by atoms with van der Waals surface area (Å²) < 4.78 is 22.8. The van der Waals surface area contributed by atoms with Crippen LogP contribution in [0.25, 0.3) is 0 Å². The van der Waals surface area contributed by atoms with Gasteiger partial charge in [0, 0.05) is 6.42 Å². The summed E-state index contributed by atoms with van der Waals surface area (Å²) in [6, 6.07) is -0.948. The number of hydrogen-bond donors (Lipinski definition) is 9. The van der Waals surface area contributed by atoms with E-state index in [9.17, 15) is 45.6 Å². The zero-order valence-electron chi connectivity index (χ0n) is 57.5. The van der Waals surface area contributed by atoms with Crippen LogP contribution in [0.5, 0.6) is 0 Å². The Hall–Kier alpha value is -3.61. The molecule has 0 aromatic carbocycles. The second kappa shape index (κ2) is 61.0. The van der Waals surface area contributed by atoms with E-state index in [4.69, 9.17) is 18.9 Å². The van der Waals surface area contributed by atoms with Crippen LogP contribution in [0.4, 0.5) is 0 Å². The highest BCUT2D eigenvalue weighted by Crippen LogP contribution is 2.30. The summed E-state index contributed by atoms with van der Waals surface area (Å²) in [4.78, 5) is 13.3. The number of carbonyl (C=O) groups excluding carboxylic acids is 1. The molecule has 1 amide bonds. The van der Waals surface area contributed by atoms with Crippen molar-refractivity contribution in [2.45, 2.75) is 344 Å². The van der Waals surface area contributed by atoms with Crippen molar-refractivity contribution in [2.75, 3.05) is 19.8 Å². The third-order valence-corrected chi connectivity index (χ3v) is 17.1. The van der Waals surface area contributed by atoms with E-state index in [1.165, 1.54) is 141 Å². The van der Waals surface area contributed by atoms with Gasteiger partial charge in [0.1, 0.15) is 48.8 Å². The Morgan fingerprint density at radius 1 is 0.402 bits per heavy atom. The van der Waals surface area contributed by atoms with Crippen molar-refractivity contribution in [3.8, 4) is 0 Å². The van der Waals surface area contributed by atoms with Crippen LogP contribution in [-0.4, -0.2) is 140 Å². The fourth-order valence-corrected chi connectivity index (χ4v) is 11.3. The van der Waals surface area contributed by atoms with Crippen molar-refractivity contribution in [2.24, 2.45) is 0 Å². The number of ether oxygens (including phenoxy) is 4. The monoisotopic (exact) mass is 1290 g/mol. The lowest BCUT2D eigenvalue weighted by Crippen LogP contribution is -2.65. The van der Waals surface area contributed by atoms with Crippen molar-refractivity contribution in [1.29, 1.82) is 0 Å². The normalized spacial score (nSPS) is 23.4. The molecule has 2 rings (SSSR count). The Kier molecular flexibility index (Phi) is 56.0. The zero-order valence-corrected chi connectivity index (χ0v) is 57.5. The highest BCUT2D eigenvalue weighted by atomic mass is 16.7. The van der Waals surface area contributed by atoms with Gasteiger partial charge in [-0.1, -0.05) is 283 Å². The van der Waals surface area contributed by atoms with Gasteiger partial charge in [0.15, 0.2) is 12.6 Å². The summed E-state index contributed by atoms with van der Waals surface area (Å²) >= 11 is 0. The number of aliphatic hydroxyl groups is 8. The van der Waals surface area contributed by atoms with Crippen LogP contribution in [0.15, 0.2) is 122 Å². The molecule has 0 saturated carbocycles. The molecular weight excluding hydrogens is 1160 g/mol. The minimum absolute atomic E-state index is 0.257. The van der Waals surface area contributed by atoms with Crippen molar-refractivity contribution in [1.82, 2.24) is 5.32 Å². The first kappa shape index (κ1) is 84.5. The highest BCUT2D eigenvalue weighted by Gasteiger charge is 2.51. The summed E-state index contributed by atoms with van der Waals surface area (Å²) in [5.41, 5.74) is 0. The Morgan fingerprint density at radius 2 is 0.761 bits per heavy atom. The maximum absolute atomic E-state index is 13.3. The van der Waals surface area contributed by atoms with Gasteiger partial charge < -0.3 is 65.1 Å². The lowest BCUT2D eigenvalue weighted by atomic mass is 9.97. The molecule has 2 aliphatic heterocycles. The second-order valence-corrected chi connectivity index (χ2v) is 25.3. The predicted octanol–water partition coefficient (Wildman–Crippen LogP) is 15.7. The van der Waals surface area contributed by atoms with Gasteiger partial charge in [-0.3, -0.25) is 4.79 Å². The summed E-state index contributed by atoms with van der Waals surface area (Å²) in [5, 5.41) is 87.5. The molecule has 9 N–H and O–H groups in total. The number of aliphatic hydroxyl groups excluding tert-OH is 8. The number of amides is 1. The minimum atomic E-state index is -1.80. The van der Waals surface area contributed by atoms with Gasteiger partial charge in [0.05, 0.1) is 32.0 Å². The number of unbranched alkanes of at least 4 members (excludes halogenated alkanes) is 28. The average molecular weight is 1290 g/mol. The zero-order chi connectivity index (χ0) is 66.6. The number of carbonyl (C=O) groups is 1. The maximum atomic E-state index is 13.3. The third-order valence-electron chi connectivity index (χ3n) is 17.1. The lowest BCUT2D eigenvalue weighted by Gasteiger charge is -2.46. The number of allylic oxidation sites excluding steroid dienone is 19. The Morgan fingerprint density at radius 3 is 1.20 bits per heavy atom. The van der Waals surface area contributed by atoms with Crippen LogP contribution in [0.3, 0.4) is 0 Å². The van der Waals surface area contributed by atoms with Gasteiger partial charge in [-0.25, -0.2) is 0 Å². The van der Waals surface area contributed by atoms with Crippen molar-refractivity contribution in [3.05, 3.63) is 122 Å². The highest BCUT2D eigenvalue weighted by molar-refractivity contribution is 5.76. The van der Waals surface area contributed by atoms with Gasteiger partial charge in [-0.2, -0.15) is 0 Å². The second-order valence-electron chi connectivity index (χ2n) is 25.3. The summed E-state index contributed by atoms with van der Waals surface area (Å²) in [7, 11) is 0. The molecule has 0 aromatic heterocycles. The molecule has 2 heterocycles. The molecule has 12 unspecified atom stereocenters. The van der Waals surface area contributed by atoms with Crippen LogP contribution in [0.2, 0.25) is 0 Å². The fraction of sp³-hybridized carbons (Fsp3) is 0.731. The molecule has 2 fully saturated rings. The average Bonchev–Trinajstić information content (AvgIpc) is 0.830. The molecule has 2 aliphatic rings. The van der Waals surface area contributed by atoms with E-state index in [1.54, 1.807) is 6.08 Å². The quantitative estimate of drug-likeness (QED) is 0.0204. The van der Waals surface area contributed by atoms with Crippen molar-refractivity contribution < 1.29 is 64.6 Å². The maximum Gasteiger partial charge on any atom is 0.220 e. The van der Waals surface area contributed by atoms with E-state index in [1.807, 2.05) is 6.08 Å². The van der Waals surface area contributed by atoms with Crippen LogP contribution in [-0.2, 0) is 23.7 Å². The summed E-state index contributed by atoms with van der Waals surface area (Å²) in [6.45, 7) is 2.67. The van der Waals surface area contributed by atoms with Gasteiger partial charge in [0.25, 0.3) is 0 Å². The molecule has 0 radical (unpaired) electrons. The SMILES string of the molecule is CC/C=C\C/C=C\C/C=C\C/C=C\C/C=C\C/C=C\C/C=C\CCCCCCCCCCCCCCCC(=O)NC(COC1OC(CO)C(OC2OC(CO)C(O)C(O)C2O)C(O)C1O)C(O)/C=C/CC/C=C/CC/C=C/CCCCCCCCCCCCCCC. The molecule has 0 aliphatic carbocycles. The third kappa shape index (κ3) is 44.2. The molecular formula is C78H133NO13. The van der Waals surface area contributed by atoms with E-state index < -0.39 is 86.8 Å². The number of hydrogen-bond acceptors (Lipinski definition) is 13. The van der Waals surface area contributed by atoms with Crippen LogP contribution < -0.4 is 5.32 Å². The van der Waals surface area contributed by atoms with Gasteiger partial charge in [-0.05, 0) is 103 Å². The first-order valence-corrected chi connectivity index (χ1v) is 36.8. The molecule has 2 saturated heterocycles.